The Morgan fingerprint density at radius 2 is 1.96 bits per heavy atom. The third kappa shape index (κ3) is 3.64. The molecule has 0 amide bonds. The molecule has 4 rings (SSSR count). The number of pyridine rings is 1. The van der Waals surface area contributed by atoms with Crippen molar-refractivity contribution in [3.63, 3.8) is 0 Å². The van der Waals surface area contributed by atoms with Crippen LogP contribution in [0.2, 0.25) is 0 Å². The molecule has 8 nitrogen and oxygen atoms in total. The minimum absolute atomic E-state index is 0.757. The molecule has 3 aromatic rings. The quantitative estimate of drug-likeness (QED) is 0.679. The monoisotopic (exact) mass is 380 g/mol. The van der Waals surface area contributed by atoms with E-state index in [1.54, 1.807) is 0 Å². The maximum absolute atomic E-state index is 4.91. The van der Waals surface area contributed by atoms with Crippen molar-refractivity contribution in [3.05, 3.63) is 29.6 Å². The third-order valence-electron chi connectivity index (χ3n) is 5.11. The zero-order valence-corrected chi connectivity index (χ0v) is 16.9. The maximum Gasteiger partial charge on any atom is 0.228 e. The van der Waals surface area contributed by atoms with Gasteiger partial charge in [-0.15, -0.1) is 0 Å². The Labute approximate surface area is 165 Å². The van der Waals surface area contributed by atoms with Gasteiger partial charge in [0.2, 0.25) is 5.95 Å². The fourth-order valence-electron chi connectivity index (χ4n) is 3.56. The van der Waals surface area contributed by atoms with Gasteiger partial charge in [0.05, 0.1) is 5.69 Å². The molecule has 3 aromatic heterocycles. The summed E-state index contributed by atoms with van der Waals surface area (Å²) in [6, 6.07) is 4.09. The van der Waals surface area contributed by atoms with E-state index in [0.29, 0.717) is 0 Å². The van der Waals surface area contributed by atoms with E-state index in [1.807, 2.05) is 24.0 Å². The van der Waals surface area contributed by atoms with Crippen molar-refractivity contribution >= 4 is 28.6 Å². The normalized spacial score (nSPS) is 14.6. The number of aryl methyl sites for hydroxylation is 3. The van der Waals surface area contributed by atoms with Crippen molar-refractivity contribution in [1.29, 1.82) is 0 Å². The first-order valence-electron chi connectivity index (χ1n) is 10.1. The average molecular weight is 381 g/mol. The van der Waals surface area contributed by atoms with Gasteiger partial charge in [0.15, 0.2) is 5.82 Å². The minimum atomic E-state index is 0.757. The number of nitrogens with zero attached hydrogens (tertiary/aromatic N) is 6. The Bertz CT molecular complexity index is 941. The molecule has 0 aliphatic carbocycles. The third-order valence-corrected chi connectivity index (χ3v) is 5.11. The van der Waals surface area contributed by atoms with E-state index < -0.39 is 0 Å². The molecule has 4 heterocycles. The van der Waals surface area contributed by atoms with Crippen molar-refractivity contribution in [1.82, 2.24) is 30.0 Å². The molecule has 0 atom stereocenters. The Hall–Kier alpha value is -2.74. The van der Waals surface area contributed by atoms with Crippen LogP contribution in [-0.4, -0.2) is 50.9 Å². The smallest absolute Gasteiger partial charge is 0.228 e. The molecule has 2 N–H and O–H groups in total. The molecule has 8 heteroatoms. The van der Waals surface area contributed by atoms with Crippen LogP contribution < -0.4 is 15.5 Å². The highest BCUT2D eigenvalue weighted by Gasteiger charge is 2.21. The second-order valence-corrected chi connectivity index (χ2v) is 7.16. The van der Waals surface area contributed by atoms with Crippen LogP contribution >= 0.6 is 0 Å². The van der Waals surface area contributed by atoms with Crippen molar-refractivity contribution < 1.29 is 0 Å². The second kappa shape index (κ2) is 8.10. The summed E-state index contributed by atoms with van der Waals surface area (Å²) in [5, 5.41) is 11.5. The number of fused-ring (bicyclic) bond motifs is 1. The van der Waals surface area contributed by atoms with Gasteiger partial charge < -0.3 is 15.5 Å². The van der Waals surface area contributed by atoms with Crippen LogP contribution in [0.5, 0.6) is 0 Å². The molecule has 1 aliphatic rings. The van der Waals surface area contributed by atoms with Gasteiger partial charge in [-0.2, -0.15) is 10.1 Å². The first-order chi connectivity index (χ1) is 13.7. The fourth-order valence-corrected chi connectivity index (χ4v) is 3.56. The van der Waals surface area contributed by atoms with Crippen molar-refractivity contribution in [3.8, 4) is 0 Å². The summed E-state index contributed by atoms with van der Waals surface area (Å²) >= 11 is 0. The molecule has 0 radical (unpaired) electrons. The van der Waals surface area contributed by atoms with Gasteiger partial charge in [-0.25, -0.2) is 9.97 Å². The Kier molecular flexibility index (Phi) is 5.38. The molecule has 0 aromatic carbocycles. The molecule has 0 spiro atoms. The van der Waals surface area contributed by atoms with Crippen molar-refractivity contribution in [2.45, 2.75) is 33.1 Å². The van der Waals surface area contributed by atoms with Crippen LogP contribution in [0.3, 0.4) is 0 Å². The lowest BCUT2D eigenvalue weighted by molar-refractivity contribution is 0.580. The summed E-state index contributed by atoms with van der Waals surface area (Å²) in [5.41, 5.74) is 4.09. The number of nitrogens with one attached hydrogen (secondary N) is 2. The van der Waals surface area contributed by atoms with E-state index in [0.717, 1.165) is 79.8 Å². The number of aromatic nitrogens is 5. The average Bonchev–Trinajstić information content (AvgIpc) is 3.05. The van der Waals surface area contributed by atoms with Crippen LogP contribution in [0.25, 0.3) is 11.0 Å². The second-order valence-electron chi connectivity index (χ2n) is 7.16. The summed E-state index contributed by atoms with van der Waals surface area (Å²) < 4.78 is 1.88. The van der Waals surface area contributed by atoms with Gasteiger partial charge in [0.25, 0.3) is 0 Å². The summed E-state index contributed by atoms with van der Waals surface area (Å²) in [4.78, 5) is 16.6. The van der Waals surface area contributed by atoms with Gasteiger partial charge in [-0.3, -0.25) is 4.68 Å². The maximum atomic E-state index is 4.91. The molecule has 0 unspecified atom stereocenters. The van der Waals surface area contributed by atoms with E-state index in [4.69, 9.17) is 15.1 Å². The van der Waals surface area contributed by atoms with Gasteiger partial charge >= 0.3 is 0 Å². The highest BCUT2D eigenvalue weighted by atomic mass is 15.3. The predicted octanol–water partition coefficient (Wildman–Crippen LogP) is 2.43. The molecule has 28 heavy (non-hydrogen) atoms. The highest BCUT2D eigenvalue weighted by Crippen LogP contribution is 2.28. The number of hydrogen-bond acceptors (Lipinski definition) is 7. The van der Waals surface area contributed by atoms with Gasteiger partial charge in [0.1, 0.15) is 16.9 Å². The van der Waals surface area contributed by atoms with Crippen LogP contribution in [-0.2, 0) is 19.9 Å². The Morgan fingerprint density at radius 1 is 1.14 bits per heavy atom. The van der Waals surface area contributed by atoms with Crippen LogP contribution in [0.1, 0.15) is 31.5 Å². The first-order valence-corrected chi connectivity index (χ1v) is 10.1. The lowest BCUT2D eigenvalue weighted by Crippen LogP contribution is -2.44. The number of hydrogen-bond donors (Lipinski definition) is 2. The predicted molar refractivity (Wildman–Crippen MR) is 112 cm³/mol. The fraction of sp³-hybridized carbons (Fsp3) is 0.500. The Morgan fingerprint density at radius 3 is 2.64 bits per heavy atom. The van der Waals surface area contributed by atoms with Gasteiger partial charge in [-0.1, -0.05) is 26.3 Å². The molecule has 1 aliphatic heterocycles. The first kappa shape index (κ1) is 18.6. The molecule has 148 valence electrons. The lowest BCUT2D eigenvalue weighted by Gasteiger charge is -2.27. The molecule has 0 bridgehead atoms. The molecular weight excluding hydrogens is 352 g/mol. The van der Waals surface area contributed by atoms with Crippen molar-refractivity contribution in [2.24, 2.45) is 7.05 Å². The summed E-state index contributed by atoms with van der Waals surface area (Å²) in [6.45, 7) is 7.98. The highest BCUT2D eigenvalue weighted by molar-refractivity contribution is 5.90. The van der Waals surface area contributed by atoms with E-state index in [-0.39, 0.29) is 0 Å². The lowest BCUT2D eigenvalue weighted by atomic mass is 10.2. The summed E-state index contributed by atoms with van der Waals surface area (Å²) in [6.07, 6.45) is 4.81. The van der Waals surface area contributed by atoms with E-state index >= 15 is 0 Å². The largest absolute Gasteiger partial charge is 0.338 e. The zero-order valence-electron chi connectivity index (χ0n) is 16.9. The van der Waals surface area contributed by atoms with E-state index in [2.05, 4.69) is 40.4 Å². The minimum Gasteiger partial charge on any atom is -0.338 e. The SMILES string of the molecule is CCCc1nn(C)c2c(Nc3ccc(CC)cn3)nc(N3CCNCC3)nc12. The number of rotatable bonds is 6. The number of piperazine rings is 1. The molecule has 1 fully saturated rings. The van der Waals surface area contributed by atoms with Gasteiger partial charge in [0, 0.05) is 39.4 Å². The van der Waals surface area contributed by atoms with Crippen LogP contribution in [0, 0.1) is 0 Å². The van der Waals surface area contributed by atoms with Gasteiger partial charge in [-0.05, 0) is 24.5 Å². The van der Waals surface area contributed by atoms with Crippen molar-refractivity contribution in [2.75, 3.05) is 36.4 Å². The zero-order chi connectivity index (χ0) is 19.5. The Balaban J connectivity index is 1.79. The molecular formula is C20H28N8. The van der Waals surface area contributed by atoms with E-state index in [1.165, 1.54) is 5.56 Å². The number of anilines is 3. The van der Waals surface area contributed by atoms with E-state index in [9.17, 15) is 0 Å². The molecule has 1 saturated heterocycles. The topological polar surface area (TPSA) is 83.8 Å². The van der Waals surface area contributed by atoms with Crippen LogP contribution in [0.15, 0.2) is 18.3 Å². The summed E-state index contributed by atoms with van der Waals surface area (Å²) in [7, 11) is 1.95. The van der Waals surface area contributed by atoms with Crippen LogP contribution in [0.4, 0.5) is 17.6 Å². The summed E-state index contributed by atoms with van der Waals surface area (Å²) in [5.74, 6) is 2.29. The standard InChI is InChI=1S/C20H28N8/c1-4-6-15-17-18(27(3)26-15)19(23-16-8-7-14(5-2)13-22-16)25-20(24-17)28-11-9-21-10-12-28/h7-8,13,21H,4-6,9-12H2,1-3H3,(H,22,23,24,25). The molecule has 0 saturated carbocycles.